The molecule has 0 aliphatic heterocycles. The average Bonchev–Trinajstić information content (AvgIpc) is 2.58. The molecule has 0 radical (unpaired) electrons. The summed E-state index contributed by atoms with van der Waals surface area (Å²) in [5, 5.41) is 2.71. The molecule has 5 nitrogen and oxygen atoms in total. The normalized spacial score (nSPS) is 12.8. The number of amides is 1. The minimum absolute atomic E-state index is 0.336. The largest absolute Gasteiger partial charge is 0.479 e. The molecule has 2 aromatic rings. The van der Waals surface area contributed by atoms with Gasteiger partial charge in [-0.3, -0.25) is 4.79 Å². The number of para-hydroxylation sites is 1. The van der Waals surface area contributed by atoms with Crippen LogP contribution in [0.25, 0.3) is 0 Å². The zero-order valence-corrected chi connectivity index (χ0v) is 14.3. The van der Waals surface area contributed by atoms with E-state index in [4.69, 9.17) is 9.47 Å². The average molecular weight is 345 g/mol. The molecule has 25 heavy (non-hydrogen) atoms. The Labute approximate surface area is 145 Å². The summed E-state index contributed by atoms with van der Waals surface area (Å²) in [6.45, 7) is 4.85. The quantitative estimate of drug-likeness (QED) is 0.814. The van der Waals surface area contributed by atoms with Gasteiger partial charge in [-0.25, -0.2) is 9.18 Å². The molecule has 0 heterocycles. The Bertz CT molecular complexity index is 745. The van der Waals surface area contributed by atoms with Crippen LogP contribution in [0.3, 0.4) is 0 Å². The maximum Gasteiger partial charge on any atom is 0.347 e. The number of rotatable bonds is 6. The van der Waals surface area contributed by atoms with Crippen molar-refractivity contribution < 1.29 is 23.5 Å². The van der Waals surface area contributed by atoms with Gasteiger partial charge in [0.1, 0.15) is 11.6 Å². The number of esters is 1. The van der Waals surface area contributed by atoms with Crippen molar-refractivity contribution in [2.24, 2.45) is 0 Å². The summed E-state index contributed by atoms with van der Waals surface area (Å²) in [4.78, 5) is 24.2. The van der Waals surface area contributed by atoms with Crippen LogP contribution in [0.15, 0.2) is 48.5 Å². The lowest BCUT2D eigenvalue weighted by molar-refractivity contribution is -0.159. The van der Waals surface area contributed by atoms with E-state index in [0.717, 1.165) is 5.56 Å². The van der Waals surface area contributed by atoms with Gasteiger partial charge in [0.25, 0.3) is 5.91 Å². The predicted octanol–water partition coefficient (Wildman–Crippen LogP) is 3.47. The number of hydrogen-bond acceptors (Lipinski definition) is 4. The SMILES string of the molecule is Cc1ccccc1NC(=O)C(C)OC(=O)C(C)Oc1ccc(F)cc1. The Morgan fingerprint density at radius 1 is 1.00 bits per heavy atom. The number of carbonyl (C=O) groups is 2. The summed E-state index contributed by atoms with van der Waals surface area (Å²) in [6.07, 6.45) is -1.91. The molecule has 2 aromatic carbocycles. The smallest absolute Gasteiger partial charge is 0.347 e. The Morgan fingerprint density at radius 2 is 1.64 bits per heavy atom. The molecule has 1 N–H and O–H groups in total. The number of benzene rings is 2. The molecule has 2 atom stereocenters. The van der Waals surface area contributed by atoms with Crippen molar-refractivity contribution in [1.82, 2.24) is 0 Å². The number of nitrogens with one attached hydrogen (secondary N) is 1. The summed E-state index contributed by atoms with van der Waals surface area (Å²) < 4.78 is 23.4. The van der Waals surface area contributed by atoms with Crippen molar-refractivity contribution in [3.63, 3.8) is 0 Å². The van der Waals surface area contributed by atoms with Gasteiger partial charge in [-0.1, -0.05) is 18.2 Å². The highest BCUT2D eigenvalue weighted by Gasteiger charge is 2.23. The van der Waals surface area contributed by atoms with Crippen molar-refractivity contribution in [3.05, 3.63) is 59.9 Å². The van der Waals surface area contributed by atoms with Crippen LogP contribution in [0.1, 0.15) is 19.4 Å². The van der Waals surface area contributed by atoms with E-state index in [1.165, 1.54) is 38.1 Å². The van der Waals surface area contributed by atoms with Crippen LogP contribution in [0.4, 0.5) is 10.1 Å². The van der Waals surface area contributed by atoms with Crippen LogP contribution in [0.2, 0.25) is 0 Å². The van der Waals surface area contributed by atoms with Crippen molar-refractivity contribution in [2.45, 2.75) is 33.0 Å². The molecule has 0 fully saturated rings. The highest BCUT2D eigenvalue weighted by molar-refractivity contribution is 5.95. The molecule has 0 aliphatic rings. The van der Waals surface area contributed by atoms with Gasteiger partial charge in [0.05, 0.1) is 0 Å². The lowest BCUT2D eigenvalue weighted by Gasteiger charge is -2.18. The molecule has 6 heteroatoms. The first kappa shape index (κ1) is 18.4. The van der Waals surface area contributed by atoms with Crippen LogP contribution < -0.4 is 10.1 Å². The molecule has 0 spiro atoms. The van der Waals surface area contributed by atoms with Crippen LogP contribution in [0.5, 0.6) is 5.75 Å². The Kier molecular flexibility index (Phi) is 6.11. The van der Waals surface area contributed by atoms with E-state index >= 15 is 0 Å². The lowest BCUT2D eigenvalue weighted by Crippen LogP contribution is -2.35. The van der Waals surface area contributed by atoms with Crippen LogP contribution in [-0.2, 0) is 14.3 Å². The number of carbonyl (C=O) groups excluding carboxylic acids is 2. The Morgan fingerprint density at radius 3 is 2.28 bits per heavy atom. The van der Waals surface area contributed by atoms with Gasteiger partial charge in [0.15, 0.2) is 12.2 Å². The molecule has 1 amide bonds. The molecule has 0 aromatic heterocycles. The molecule has 0 bridgehead atoms. The molecule has 0 aliphatic carbocycles. The Hall–Kier alpha value is -2.89. The molecule has 2 unspecified atom stereocenters. The summed E-state index contributed by atoms with van der Waals surface area (Å²) in [5.41, 5.74) is 1.56. The van der Waals surface area contributed by atoms with E-state index in [0.29, 0.717) is 11.4 Å². The number of halogens is 1. The minimum atomic E-state index is -0.980. The first-order chi connectivity index (χ1) is 11.9. The fraction of sp³-hybridized carbons (Fsp3) is 0.263. The van der Waals surface area contributed by atoms with E-state index in [1.54, 1.807) is 12.1 Å². The third kappa shape index (κ3) is 5.31. The Balaban J connectivity index is 1.89. The van der Waals surface area contributed by atoms with Gasteiger partial charge in [0.2, 0.25) is 0 Å². The van der Waals surface area contributed by atoms with Gasteiger partial charge in [-0.15, -0.1) is 0 Å². The topological polar surface area (TPSA) is 64.6 Å². The van der Waals surface area contributed by atoms with E-state index < -0.39 is 29.9 Å². The zero-order valence-electron chi connectivity index (χ0n) is 14.3. The van der Waals surface area contributed by atoms with E-state index in [1.807, 2.05) is 19.1 Å². The summed E-state index contributed by atoms with van der Waals surface area (Å²) in [6, 6.07) is 12.6. The minimum Gasteiger partial charge on any atom is -0.479 e. The lowest BCUT2D eigenvalue weighted by atomic mass is 10.2. The number of anilines is 1. The van der Waals surface area contributed by atoms with Crippen molar-refractivity contribution in [2.75, 3.05) is 5.32 Å². The van der Waals surface area contributed by atoms with E-state index in [-0.39, 0.29) is 0 Å². The summed E-state index contributed by atoms with van der Waals surface area (Å²) in [7, 11) is 0. The second-order valence-electron chi connectivity index (χ2n) is 5.60. The fourth-order valence-electron chi connectivity index (χ4n) is 2.04. The summed E-state index contributed by atoms with van der Waals surface area (Å²) >= 11 is 0. The second kappa shape index (κ2) is 8.28. The molecule has 2 rings (SSSR count). The first-order valence-corrected chi connectivity index (χ1v) is 7.86. The van der Waals surface area contributed by atoms with E-state index in [2.05, 4.69) is 5.32 Å². The number of ether oxygens (including phenoxy) is 2. The standard InChI is InChI=1S/C19H20FNO4/c1-12-6-4-5-7-17(12)21-18(22)13(2)25-19(23)14(3)24-16-10-8-15(20)9-11-16/h4-11,13-14H,1-3H3,(H,21,22). The van der Waals surface area contributed by atoms with Gasteiger partial charge >= 0.3 is 5.97 Å². The highest BCUT2D eigenvalue weighted by atomic mass is 19.1. The van der Waals surface area contributed by atoms with Gasteiger partial charge in [-0.05, 0) is 56.7 Å². The molecule has 0 saturated carbocycles. The van der Waals surface area contributed by atoms with Crippen molar-refractivity contribution in [3.8, 4) is 5.75 Å². The predicted molar refractivity (Wildman–Crippen MR) is 91.9 cm³/mol. The number of hydrogen-bond donors (Lipinski definition) is 1. The number of aryl methyl sites for hydroxylation is 1. The monoisotopic (exact) mass is 345 g/mol. The maximum absolute atomic E-state index is 12.9. The zero-order chi connectivity index (χ0) is 18.4. The molecule has 132 valence electrons. The molecule has 0 saturated heterocycles. The molecular weight excluding hydrogens is 325 g/mol. The molecular formula is C19H20FNO4. The van der Waals surface area contributed by atoms with Gasteiger partial charge in [-0.2, -0.15) is 0 Å². The van der Waals surface area contributed by atoms with Crippen LogP contribution in [0, 0.1) is 12.7 Å². The van der Waals surface area contributed by atoms with Crippen LogP contribution >= 0.6 is 0 Å². The fourth-order valence-corrected chi connectivity index (χ4v) is 2.04. The third-order valence-electron chi connectivity index (χ3n) is 3.52. The highest BCUT2D eigenvalue weighted by Crippen LogP contribution is 2.15. The van der Waals surface area contributed by atoms with Crippen LogP contribution in [-0.4, -0.2) is 24.1 Å². The van der Waals surface area contributed by atoms with Gasteiger partial charge < -0.3 is 14.8 Å². The first-order valence-electron chi connectivity index (χ1n) is 7.86. The van der Waals surface area contributed by atoms with Crippen molar-refractivity contribution >= 4 is 17.6 Å². The summed E-state index contributed by atoms with van der Waals surface area (Å²) in [5.74, 6) is -1.18. The van der Waals surface area contributed by atoms with Gasteiger partial charge in [0, 0.05) is 5.69 Å². The second-order valence-corrected chi connectivity index (χ2v) is 5.60. The third-order valence-corrected chi connectivity index (χ3v) is 3.52. The maximum atomic E-state index is 12.9. The van der Waals surface area contributed by atoms with E-state index in [9.17, 15) is 14.0 Å². The van der Waals surface area contributed by atoms with Crippen molar-refractivity contribution in [1.29, 1.82) is 0 Å².